The van der Waals surface area contributed by atoms with Crippen LogP contribution in [0.1, 0.15) is 46.0 Å². The van der Waals surface area contributed by atoms with E-state index in [4.69, 9.17) is 11.6 Å². The second-order valence-electron chi connectivity index (χ2n) is 4.36. The SMILES string of the molecule is CCCN(C(=O)Cl)C1CCC(C)CC1. The Morgan fingerprint density at radius 3 is 2.36 bits per heavy atom. The Morgan fingerprint density at radius 2 is 1.93 bits per heavy atom. The van der Waals surface area contributed by atoms with Gasteiger partial charge >= 0.3 is 5.37 Å². The molecule has 14 heavy (non-hydrogen) atoms. The molecule has 0 aromatic rings. The highest BCUT2D eigenvalue weighted by atomic mass is 35.5. The molecule has 0 bridgehead atoms. The van der Waals surface area contributed by atoms with Crippen LogP contribution in [0.15, 0.2) is 0 Å². The van der Waals surface area contributed by atoms with E-state index in [1.165, 1.54) is 12.8 Å². The fourth-order valence-corrected chi connectivity index (χ4v) is 2.43. The highest BCUT2D eigenvalue weighted by Gasteiger charge is 2.25. The molecule has 0 N–H and O–H groups in total. The lowest BCUT2D eigenvalue weighted by Gasteiger charge is -2.34. The van der Waals surface area contributed by atoms with Crippen LogP contribution >= 0.6 is 11.6 Å². The molecule has 0 atom stereocenters. The third-order valence-corrected chi connectivity index (χ3v) is 3.33. The monoisotopic (exact) mass is 217 g/mol. The summed E-state index contributed by atoms with van der Waals surface area (Å²) in [6.45, 7) is 5.17. The van der Waals surface area contributed by atoms with Gasteiger partial charge in [-0.1, -0.05) is 13.8 Å². The van der Waals surface area contributed by atoms with Crippen molar-refractivity contribution in [2.75, 3.05) is 6.54 Å². The largest absolute Gasteiger partial charge is 0.326 e. The van der Waals surface area contributed by atoms with E-state index in [0.29, 0.717) is 6.04 Å². The number of carbonyl (C=O) groups excluding carboxylic acids is 1. The molecule has 0 unspecified atom stereocenters. The van der Waals surface area contributed by atoms with Gasteiger partial charge in [0.05, 0.1) is 0 Å². The summed E-state index contributed by atoms with van der Waals surface area (Å²) < 4.78 is 0. The van der Waals surface area contributed by atoms with Gasteiger partial charge < -0.3 is 4.90 Å². The molecule has 0 aromatic carbocycles. The molecular formula is C11H20ClNO. The van der Waals surface area contributed by atoms with Crippen molar-refractivity contribution in [2.24, 2.45) is 5.92 Å². The van der Waals surface area contributed by atoms with Gasteiger partial charge in [0.1, 0.15) is 0 Å². The quantitative estimate of drug-likeness (QED) is 0.522. The molecule has 0 radical (unpaired) electrons. The van der Waals surface area contributed by atoms with Crippen LogP contribution in [0.4, 0.5) is 4.79 Å². The topological polar surface area (TPSA) is 20.3 Å². The number of halogens is 1. The highest BCUT2D eigenvalue weighted by molar-refractivity contribution is 6.62. The third kappa shape index (κ3) is 3.16. The first-order valence-electron chi connectivity index (χ1n) is 5.61. The van der Waals surface area contributed by atoms with Crippen LogP contribution in [0.25, 0.3) is 0 Å². The fourth-order valence-electron chi connectivity index (χ4n) is 2.21. The minimum Gasteiger partial charge on any atom is -0.326 e. The van der Waals surface area contributed by atoms with E-state index in [1.807, 2.05) is 4.90 Å². The van der Waals surface area contributed by atoms with Crippen LogP contribution in [-0.4, -0.2) is 22.9 Å². The van der Waals surface area contributed by atoms with Gasteiger partial charge in [-0.25, -0.2) is 0 Å². The summed E-state index contributed by atoms with van der Waals surface area (Å²) in [6.07, 6.45) is 5.70. The molecule has 0 spiro atoms. The van der Waals surface area contributed by atoms with Crippen molar-refractivity contribution in [3.05, 3.63) is 0 Å². The Hall–Kier alpha value is -0.240. The van der Waals surface area contributed by atoms with Gasteiger partial charge in [0.2, 0.25) is 0 Å². The van der Waals surface area contributed by atoms with Gasteiger partial charge in [-0.2, -0.15) is 0 Å². The normalized spacial score (nSPS) is 27.4. The van der Waals surface area contributed by atoms with Gasteiger partial charge in [-0.05, 0) is 49.6 Å². The summed E-state index contributed by atoms with van der Waals surface area (Å²) in [5.74, 6) is 0.820. The molecule has 0 aromatic heterocycles. The van der Waals surface area contributed by atoms with Crippen LogP contribution in [-0.2, 0) is 0 Å². The zero-order valence-electron chi connectivity index (χ0n) is 9.13. The van der Waals surface area contributed by atoms with E-state index < -0.39 is 0 Å². The van der Waals surface area contributed by atoms with E-state index >= 15 is 0 Å². The molecule has 1 amide bonds. The van der Waals surface area contributed by atoms with E-state index in [2.05, 4.69) is 13.8 Å². The van der Waals surface area contributed by atoms with Crippen LogP contribution in [0.2, 0.25) is 0 Å². The number of hydrogen-bond acceptors (Lipinski definition) is 1. The zero-order chi connectivity index (χ0) is 10.6. The second-order valence-corrected chi connectivity index (χ2v) is 4.68. The van der Waals surface area contributed by atoms with Gasteiger partial charge in [0, 0.05) is 12.6 Å². The van der Waals surface area contributed by atoms with E-state index in [0.717, 1.165) is 31.7 Å². The molecule has 0 saturated heterocycles. The summed E-state index contributed by atoms with van der Waals surface area (Å²) in [5, 5.41) is -0.272. The molecule has 82 valence electrons. The predicted octanol–water partition coefficient (Wildman–Crippen LogP) is 3.64. The average molecular weight is 218 g/mol. The predicted molar refractivity (Wildman–Crippen MR) is 59.7 cm³/mol. The Morgan fingerprint density at radius 1 is 1.36 bits per heavy atom. The van der Waals surface area contributed by atoms with Crippen molar-refractivity contribution in [3.8, 4) is 0 Å². The molecule has 0 heterocycles. The van der Waals surface area contributed by atoms with Crippen molar-refractivity contribution in [2.45, 2.75) is 52.0 Å². The van der Waals surface area contributed by atoms with Crippen molar-refractivity contribution in [1.29, 1.82) is 0 Å². The maximum Gasteiger partial charge on any atom is 0.316 e. The Labute approximate surface area is 91.6 Å². The van der Waals surface area contributed by atoms with Crippen molar-refractivity contribution in [3.63, 3.8) is 0 Å². The minimum atomic E-state index is -0.272. The molecule has 2 nitrogen and oxygen atoms in total. The summed E-state index contributed by atoms with van der Waals surface area (Å²) in [6, 6.07) is 0.399. The second kappa shape index (κ2) is 5.59. The van der Waals surface area contributed by atoms with Gasteiger partial charge in [-0.3, -0.25) is 4.79 Å². The highest BCUT2D eigenvalue weighted by Crippen LogP contribution is 2.27. The smallest absolute Gasteiger partial charge is 0.316 e. The van der Waals surface area contributed by atoms with Gasteiger partial charge in [0.15, 0.2) is 0 Å². The number of nitrogens with zero attached hydrogens (tertiary/aromatic N) is 1. The van der Waals surface area contributed by atoms with E-state index in [9.17, 15) is 4.79 Å². The Kier molecular flexibility index (Phi) is 4.73. The molecule has 1 fully saturated rings. The Bertz CT molecular complexity index is 188. The summed E-state index contributed by atoms with van der Waals surface area (Å²) >= 11 is 5.58. The van der Waals surface area contributed by atoms with E-state index in [-0.39, 0.29) is 5.37 Å². The third-order valence-electron chi connectivity index (χ3n) is 3.12. The maximum absolute atomic E-state index is 11.2. The van der Waals surface area contributed by atoms with Crippen molar-refractivity contribution < 1.29 is 4.79 Å². The minimum absolute atomic E-state index is 0.272. The van der Waals surface area contributed by atoms with E-state index in [1.54, 1.807) is 0 Å². The molecular weight excluding hydrogens is 198 g/mol. The summed E-state index contributed by atoms with van der Waals surface area (Å²) in [7, 11) is 0. The number of rotatable bonds is 3. The molecule has 1 saturated carbocycles. The molecule has 1 aliphatic rings. The summed E-state index contributed by atoms with van der Waals surface area (Å²) in [4.78, 5) is 13.0. The molecule has 3 heteroatoms. The summed E-state index contributed by atoms with van der Waals surface area (Å²) in [5.41, 5.74) is 0. The van der Waals surface area contributed by atoms with Crippen LogP contribution < -0.4 is 0 Å². The van der Waals surface area contributed by atoms with Gasteiger partial charge in [-0.15, -0.1) is 0 Å². The van der Waals surface area contributed by atoms with Crippen LogP contribution in [0.5, 0.6) is 0 Å². The number of carbonyl (C=O) groups is 1. The van der Waals surface area contributed by atoms with Crippen molar-refractivity contribution >= 4 is 17.0 Å². The first kappa shape index (κ1) is 11.8. The molecule has 0 aliphatic heterocycles. The van der Waals surface area contributed by atoms with Gasteiger partial charge in [0.25, 0.3) is 0 Å². The maximum atomic E-state index is 11.2. The zero-order valence-corrected chi connectivity index (χ0v) is 9.89. The van der Waals surface area contributed by atoms with Crippen LogP contribution in [0.3, 0.4) is 0 Å². The average Bonchev–Trinajstić information content (AvgIpc) is 2.15. The first-order chi connectivity index (χ1) is 6.65. The van der Waals surface area contributed by atoms with Crippen LogP contribution in [0, 0.1) is 5.92 Å². The lowest BCUT2D eigenvalue weighted by Crippen LogP contribution is -2.40. The Balaban J connectivity index is 2.47. The first-order valence-corrected chi connectivity index (χ1v) is 5.99. The molecule has 1 aliphatic carbocycles. The molecule has 1 rings (SSSR count). The lowest BCUT2D eigenvalue weighted by atomic mass is 9.87. The van der Waals surface area contributed by atoms with Crippen molar-refractivity contribution in [1.82, 2.24) is 4.90 Å². The number of hydrogen-bond donors (Lipinski definition) is 0. The number of amides is 1. The fraction of sp³-hybridized carbons (Fsp3) is 0.909. The standard InChI is InChI=1S/C11H20ClNO/c1-3-8-13(11(12)14)10-6-4-9(2)5-7-10/h9-10H,3-8H2,1-2H3. The lowest BCUT2D eigenvalue weighted by molar-refractivity contribution is 0.164.